The number of unbranched alkanes of at least 4 members (excludes halogenated alkanes) is 1. The van der Waals surface area contributed by atoms with E-state index in [1.54, 1.807) is 26.0 Å². The molecule has 4 unspecified atom stereocenters. The Bertz CT molecular complexity index is 997. The zero-order valence-electron chi connectivity index (χ0n) is 23.1. The van der Waals surface area contributed by atoms with Gasteiger partial charge in [-0.2, -0.15) is 0 Å². The molecule has 3 amide bonds. The van der Waals surface area contributed by atoms with Crippen molar-refractivity contribution in [3.8, 4) is 5.75 Å². The molecular formula is C26H44N8O6. The molecule has 0 saturated heterocycles. The summed E-state index contributed by atoms with van der Waals surface area (Å²) in [5, 5.41) is 26.9. The molecule has 13 N–H and O–H groups in total. The fraction of sp³-hybridized carbons (Fsp3) is 0.577. The van der Waals surface area contributed by atoms with Crippen LogP contribution in [-0.2, 0) is 25.6 Å². The van der Waals surface area contributed by atoms with Crippen molar-refractivity contribution in [1.82, 2.24) is 16.0 Å². The van der Waals surface area contributed by atoms with Gasteiger partial charge in [-0.1, -0.05) is 26.0 Å². The van der Waals surface area contributed by atoms with E-state index in [0.717, 1.165) is 0 Å². The lowest BCUT2D eigenvalue weighted by Crippen LogP contribution is -2.58. The van der Waals surface area contributed by atoms with Crippen molar-refractivity contribution in [1.29, 1.82) is 0 Å². The number of phenols is 1. The summed E-state index contributed by atoms with van der Waals surface area (Å²) in [7, 11) is 0. The van der Waals surface area contributed by atoms with Crippen LogP contribution in [0, 0.1) is 5.92 Å². The number of nitrogens with zero attached hydrogens (tertiary/aromatic N) is 1. The molecule has 0 radical (unpaired) electrons. The smallest absolute Gasteiger partial charge is 0.326 e. The van der Waals surface area contributed by atoms with E-state index in [2.05, 4.69) is 20.9 Å². The van der Waals surface area contributed by atoms with Crippen molar-refractivity contribution in [2.24, 2.45) is 33.8 Å². The van der Waals surface area contributed by atoms with Gasteiger partial charge in [-0.15, -0.1) is 0 Å². The van der Waals surface area contributed by atoms with Gasteiger partial charge in [-0.05, 0) is 62.3 Å². The molecular weight excluding hydrogens is 520 g/mol. The van der Waals surface area contributed by atoms with Crippen LogP contribution in [0.2, 0.25) is 0 Å². The quantitative estimate of drug-likeness (QED) is 0.0574. The lowest BCUT2D eigenvalue weighted by Gasteiger charge is -2.27. The lowest BCUT2D eigenvalue weighted by molar-refractivity contribution is -0.142. The van der Waals surface area contributed by atoms with Crippen molar-refractivity contribution in [3.63, 3.8) is 0 Å². The molecule has 0 bridgehead atoms. The van der Waals surface area contributed by atoms with Gasteiger partial charge >= 0.3 is 5.97 Å². The van der Waals surface area contributed by atoms with Gasteiger partial charge in [0.1, 0.15) is 23.9 Å². The number of aliphatic imine (C=N–C) groups is 1. The van der Waals surface area contributed by atoms with Crippen LogP contribution >= 0.6 is 0 Å². The predicted octanol–water partition coefficient (Wildman–Crippen LogP) is -1.36. The van der Waals surface area contributed by atoms with Crippen molar-refractivity contribution < 1.29 is 29.4 Å². The number of nitrogens with one attached hydrogen (secondary N) is 3. The number of carboxylic acids is 1. The fourth-order valence-corrected chi connectivity index (χ4v) is 3.81. The Kier molecular flexibility index (Phi) is 15.0. The number of benzene rings is 1. The third-order valence-electron chi connectivity index (χ3n) is 6.12. The van der Waals surface area contributed by atoms with Crippen LogP contribution in [0.4, 0.5) is 0 Å². The second-order valence-electron chi connectivity index (χ2n) is 9.90. The van der Waals surface area contributed by atoms with Gasteiger partial charge in [0.2, 0.25) is 17.7 Å². The minimum atomic E-state index is -1.27. The number of nitrogens with two attached hydrogens (primary N) is 4. The van der Waals surface area contributed by atoms with Crippen LogP contribution in [0.25, 0.3) is 0 Å². The second-order valence-corrected chi connectivity index (χ2v) is 9.90. The number of amides is 3. The first kappa shape index (κ1) is 34.1. The van der Waals surface area contributed by atoms with Gasteiger partial charge in [0.05, 0.1) is 6.04 Å². The highest BCUT2D eigenvalue weighted by molar-refractivity contribution is 5.94. The molecule has 1 aromatic carbocycles. The van der Waals surface area contributed by atoms with Crippen LogP contribution in [-0.4, -0.2) is 77.1 Å². The first-order valence-electron chi connectivity index (χ1n) is 13.3. The third-order valence-corrected chi connectivity index (χ3v) is 6.12. The van der Waals surface area contributed by atoms with E-state index in [1.807, 2.05) is 0 Å². The summed E-state index contributed by atoms with van der Waals surface area (Å²) in [5.41, 5.74) is 22.7. The molecule has 224 valence electrons. The lowest BCUT2D eigenvalue weighted by atomic mass is 10.00. The Hall–Kier alpha value is -3.91. The van der Waals surface area contributed by atoms with Crippen molar-refractivity contribution in [2.45, 2.75) is 76.5 Å². The molecule has 14 heteroatoms. The number of aromatic hydroxyl groups is 1. The van der Waals surface area contributed by atoms with Crippen LogP contribution in [0.5, 0.6) is 5.75 Å². The maximum atomic E-state index is 13.2. The number of phenolic OH excluding ortho intramolecular Hbond substituents is 1. The van der Waals surface area contributed by atoms with Crippen LogP contribution in [0.1, 0.15) is 51.5 Å². The van der Waals surface area contributed by atoms with Crippen LogP contribution < -0.4 is 38.9 Å². The number of guanidine groups is 1. The third kappa shape index (κ3) is 12.8. The SMILES string of the molecule is CC(C)C(NC(=O)C(CCCCN)NC(=O)C(N)CCCN=C(N)N)C(=O)NC(Cc1ccc(O)cc1)C(=O)O. The first-order chi connectivity index (χ1) is 18.8. The Morgan fingerprint density at radius 1 is 0.875 bits per heavy atom. The highest BCUT2D eigenvalue weighted by atomic mass is 16.4. The second kappa shape index (κ2) is 17.6. The van der Waals surface area contributed by atoms with Gasteiger partial charge in [0.25, 0.3) is 0 Å². The van der Waals surface area contributed by atoms with Gasteiger partial charge in [0, 0.05) is 13.0 Å². The number of aliphatic carboxylic acids is 1. The van der Waals surface area contributed by atoms with E-state index in [0.29, 0.717) is 37.9 Å². The number of carbonyl (C=O) groups is 4. The molecule has 0 aliphatic carbocycles. The van der Waals surface area contributed by atoms with E-state index < -0.39 is 53.8 Å². The molecule has 0 aliphatic heterocycles. The van der Waals surface area contributed by atoms with Gasteiger partial charge in [0.15, 0.2) is 5.96 Å². The largest absolute Gasteiger partial charge is 0.508 e. The van der Waals surface area contributed by atoms with Gasteiger partial charge in [-0.25, -0.2) is 4.79 Å². The van der Waals surface area contributed by atoms with Crippen LogP contribution in [0.3, 0.4) is 0 Å². The van der Waals surface area contributed by atoms with E-state index in [4.69, 9.17) is 22.9 Å². The Morgan fingerprint density at radius 3 is 2.05 bits per heavy atom. The molecule has 14 nitrogen and oxygen atoms in total. The first-order valence-corrected chi connectivity index (χ1v) is 13.3. The van der Waals surface area contributed by atoms with Gasteiger partial charge < -0.3 is 49.1 Å². The highest BCUT2D eigenvalue weighted by Crippen LogP contribution is 2.12. The number of hydrogen-bond acceptors (Lipinski definition) is 8. The molecule has 0 heterocycles. The molecule has 1 aromatic rings. The summed E-state index contributed by atoms with van der Waals surface area (Å²) in [6, 6.07) is 1.72. The molecule has 0 saturated carbocycles. The number of carbonyl (C=O) groups excluding carboxylic acids is 3. The number of hydrogen-bond donors (Lipinski definition) is 9. The van der Waals surface area contributed by atoms with Crippen molar-refractivity contribution >= 4 is 29.7 Å². The average Bonchev–Trinajstić information content (AvgIpc) is 2.89. The van der Waals surface area contributed by atoms with E-state index in [1.165, 1.54) is 12.1 Å². The predicted molar refractivity (Wildman–Crippen MR) is 151 cm³/mol. The van der Waals surface area contributed by atoms with E-state index >= 15 is 0 Å². The Morgan fingerprint density at radius 2 is 1.50 bits per heavy atom. The zero-order valence-corrected chi connectivity index (χ0v) is 23.1. The van der Waals surface area contributed by atoms with E-state index in [-0.39, 0.29) is 31.0 Å². The standard InChI is InChI=1S/C26H44N8O6/c1-15(2)21(24(38)33-20(25(39)40)14-16-8-10-17(35)11-9-16)34-23(37)19(7-3-4-12-27)32-22(36)18(28)6-5-13-31-26(29)30/h8-11,15,18-21,35H,3-7,12-14,27-28H2,1-2H3,(H,32,36)(H,33,38)(H,34,37)(H,39,40)(H4,29,30,31). The topological polar surface area (TPSA) is 261 Å². The summed E-state index contributed by atoms with van der Waals surface area (Å²) in [5.74, 6) is -3.50. The van der Waals surface area contributed by atoms with Gasteiger partial charge in [-0.3, -0.25) is 19.4 Å². The molecule has 1 rings (SSSR count). The molecule has 4 atom stereocenters. The van der Waals surface area contributed by atoms with Crippen molar-refractivity contribution in [2.75, 3.05) is 13.1 Å². The minimum absolute atomic E-state index is 0.0288. The Labute approximate surface area is 234 Å². The molecule has 0 aliphatic rings. The van der Waals surface area contributed by atoms with Crippen LogP contribution in [0.15, 0.2) is 29.3 Å². The van der Waals surface area contributed by atoms with Crippen molar-refractivity contribution in [3.05, 3.63) is 29.8 Å². The Balaban J connectivity index is 2.92. The zero-order chi connectivity index (χ0) is 30.2. The molecule has 0 aromatic heterocycles. The summed E-state index contributed by atoms with van der Waals surface area (Å²) < 4.78 is 0. The van der Waals surface area contributed by atoms with E-state index in [9.17, 15) is 29.4 Å². The summed E-state index contributed by atoms with van der Waals surface area (Å²) in [4.78, 5) is 54.7. The fourth-order valence-electron chi connectivity index (χ4n) is 3.81. The normalized spacial score (nSPS) is 13.9. The highest BCUT2D eigenvalue weighted by Gasteiger charge is 2.31. The summed E-state index contributed by atoms with van der Waals surface area (Å²) in [6.45, 7) is 4.11. The molecule has 0 fully saturated rings. The summed E-state index contributed by atoms with van der Waals surface area (Å²) in [6.07, 6.45) is 2.14. The monoisotopic (exact) mass is 564 g/mol. The maximum absolute atomic E-state index is 13.2. The number of carboxylic acid groups (broad SMARTS) is 1. The average molecular weight is 565 g/mol. The molecule has 0 spiro atoms. The number of rotatable bonds is 18. The summed E-state index contributed by atoms with van der Waals surface area (Å²) >= 11 is 0. The maximum Gasteiger partial charge on any atom is 0.326 e. The molecule has 40 heavy (non-hydrogen) atoms. The minimum Gasteiger partial charge on any atom is -0.508 e.